The molecule has 19 heteroatoms. The minimum Gasteiger partial charge on any atom is -0.462 e. The molecule has 0 aliphatic heterocycles. The van der Waals surface area contributed by atoms with E-state index in [1.54, 1.807) is 0 Å². The molecular formula is C76H148O17P2. The zero-order chi connectivity index (χ0) is 70.1. The Morgan fingerprint density at radius 1 is 0.305 bits per heavy atom. The third-order valence-electron chi connectivity index (χ3n) is 18.4. The lowest BCUT2D eigenvalue weighted by molar-refractivity contribution is -0.161. The van der Waals surface area contributed by atoms with Crippen LogP contribution in [0.2, 0.25) is 0 Å². The normalized spacial score (nSPS) is 14.6. The molecule has 0 saturated carbocycles. The molecule has 0 aliphatic carbocycles. The number of phosphoric acid groups is 2. The number of ether oxygens (including phenoxy) is 4. The SMILES string of the molecule is CCCCCCCCCCCCCCCCCCCC(=O)OC[C@H](COP(=O)(O)OC[C@@H](O)COP(=O)(O)OC[C@@H](COC(=O)CCCCCCCCC(C)CC)OC(=O)CCCCCCCCCC(C)C)OC(=O)CCCCCCCCCCCCCCCCC(C)CC. The van der Waals surface area contributed by atoms with E-state index in [2.05, 4.69) is 48.5 Å². The third kappa shape index (κ3) is 67.6. The molecule has 4 unspecified atom stereocenters. The number of unbranched alkanes of at least 4 members (excludes halogenated alkanes) is 40. The van der Waals surface area contributed by atoms with Crippen LogP contribution in [0.25, 0.3) is 0 Å². The van der Waals surface area contributed by atoms with Gasteiger partial charge < -0.3 is 33.8 Å². The van der Waals surface area contributed by atoms with Gasteiger partial charge >= 0.3 is 39.5 Å². The third-order valence-corrected chi connectivity index (χ3v) is 20.3. The minimum atomic E-state index is -4.96. The Morgan fingerprint density at radius 2 is 0.537 bits per heavy atom. The number of carbonyl (C=O) groups excluding carboxylic acids is 4. The quantitative estimate of drug-likeness (QED) is 0.0222. The first-order valence-electron chi connectivity index (χ1n) is 39.4. The summed E-state index contributed by atoms with van der Waals surface area (Å²) in [4.78, 5) is 72.8. The van der Waals surface area contributed by atoms with Crippen molar-refractivity contribution in [3.63, 3.8) is 0 Å². The highest BCUT2D eigenvalue weighted by atomic mass is 31.2. The molecule has 0 saturated heterocycles. The fourth-order valence-electron chi connectivity index (χ4n) is 11.5. The molecule has 0 rings (SSSR count). The number of hydrogen-bond donors (Lipinski definition) is 3. The standard InChI is InChI=1S/C76H148O17P2/c1-8-11-12-13-14-15-16-17-18-19-20-24-27-30-35-43-50-57-73(78)86-63-71(92-75(80)59-52-45-36-31-28-25-22-21-23-26-29-34-41-48-55-68(6)9-2)65-90-94(82,83)88-61-70(77)62-89-95(84,85)91-66-72(93-76(81)60-53-46-37-32-33-40-47-54-67(4)5)64-87-74(79)58-51-44-39-38-42-49-56-69(7)10-3/h67-72,77H,8-66H2,1-7H3,(H,82,83)(H,84,85)/t68?,69?,70-,71-,72-/m1/s1. The second-order valence-electron chi connectivity index (χ2n) is 28.4. The highest BCUT2D eigenvalue weighted by Gasteiger charge is 2.30. The Bertz CT molecular complexity index is 1860. The Labute approximate surface area is 581 Å². The van der Waals surface area contributed by atoms with Gasteiger partial charge in [-0.05, 0) is 43.4 Å². The predicted molar refractivity (Wildman–Crippen MR) is 386 cm³/mol. The van der Waals surface area contributed by atoms with Crippen LogP contribution in [0.5, 0.6) is 0 Å². The van der Waals surface area contributed by atoms with Crippen LogP contribution < -0.4 is 0 Å². The first-order chi connectivity index (χ1) is 45.8. The smallest absolute Gasteiger partial charge is 0.462 e. The maximum atomic E-state index is 13.1. The lowest BCUT2D eigenvalue weighted by Crippen LogP contribution is -2.30. The van der Waals surface area contributed by atoms with Crippen molar-refractivity contribution in [2.24, 2.45) is 17.8 Å². The molecule has 3 N–H and O–H groups in total. The van der Waals surface area contributed by atoms with E-state index in [4.69, 9.17) is 37.0 Å². The highest BCUT2D eigenvalue weighted by Crippen LogP contribution is 2.45. The molecular weight excluding hydrogens is 1250 g/mol. The van der Waals surface area contributed by atoms with E-state index in [1.165, 1.54) is 193 Å². The van der Waals surface area contributed by atoms with Crippen LogP contribution in [-0.2, 0) is 65.4 Å². The number of carbonyl (C=O) groups is 4. The van der Waals surface area contributed by atoms with Crippen molar-refractivity contribution in [3.8, 4) is 0 Å². The summed E-state index contributed by atoms with van der Waals surface area (Å²) in [5.41, 5.74) is 0. The van der Waals surface area contributed by atoms with Gasteiger partial charge in [-0.2, -0.15) is 0 Å². The molecule has 0 amide bonds. The lowest BCUT2D eigenvalue weighted by Gasteiger charge is -2.21. The average molecular weight is 1400 g/mol. The Balaban J connectivity index is 5.23. The molecule has 0 fully saturated rings. The maximum Gasteiger partial charge on any atom is 0.472 e. The highest BCUT2D eigenvalue weighted by molar-refractivity contribution is 7.47. The molecule has 0 aromatic heterocycles. The number of aliphatic hydroxyl groups excluding tert-OH is 1. The Hall–Kier alpha value is -1.94. The Morgan fingerprint density at radius 3 is 0.800 bits per heavy atom. The Kier molecular flexibility index (Phi) is 65.2. The van der Waals surface area contributed by atoms with Crippen LogP contribution >= 0.6 is 15.6 Å². The summed E-state index contributed by atoms with van der Waals surface area (Å²) in [6, 6.07) is 0. The summed E-state index contributed by atoms with van der Waals surface area (Å²) in [6.07, 6.45) is 52.8. The number of rotatable bonds is 74. The molecule has 7 atom stereocenters. The molecule has 0 radical (unpaired) electrons. The van der Waals surface area contributed by atoms with E-state index in [0.717, 1.165) is 108 Å². The van der Waals surface area contributed by atoms with Gasteiger partial charge in [-0.25, -0.2) is 9.13 Å². The number of esters is 4. The second kappa shape index (κ2) is 66.6. The van der Waals surface area contributed by atoms with Gasteiger partial charge in [0.15, 0.2) is 12.2 Å². The van der Waals surface area contributed by atoms with Crippen LogP contribution in [0.15, 0.2) is 0 Å². The molecule has 0 bridgehead atoms. The van der Waals surface area contributed by atoms with Crippen LogP contribution in [0.3, 0.4) is 0 Å². The summed E-state index contributed by atoms with van der Waals surface area (Å²) >= 11 is 0. The number of aliphatic hydroxyl groups is 1. The van der Waals surface area contributed by atoms with Gasteiger partial charge in [-0.1, -0.05) is 337 Å². The minimum absolute atomic E-state index is 0.103. The summed E-state index contributed by atoms with van der Waals surface area (Å²) in [5, 5.41) is 10.6. The van der Waals surface area contributed by atoms with Gasteiger partial charge in [0, 0.05) is 25.7 Å². The van der Waals surface area contributed by atoms with Crippen LogP contribution in [-0.4, -0.2) is 96.7 Å². The molecule has 17 nitrogen and oxygen atoms in total. The van der Waals surface area contributed by atoms with Crippen molar-refractivity contribution in [1.29, 1.82) is 0 Å². The second-order valence-corrected chi connectivity index (χ2v) is 31.3. The topological polar surface area (TPSA) is 237 Å². The van der Waals surface area contributed by atoms with Gasteiger partial charge in [0.05, 0.1) is 26.4 Å². The first-order valence-corrected chi connectivity index (χ1v) is 42.4. The zero-order valence-electron chi connectivity index (χ0n) is 62.1. The van der Waals surface area contributed by atoms with Crippen LogP contribution in [0.4, 0.5) is 0 Å². The van der Waals surface area contributed by atoms with Crippen molar-refractivity contribution >= 4 is 39.5 Å². The average Bonchev–Trinajstić information content (AvgIpc) is 1.70. The van der Waals surface area contributed by atoms with E-state index in [0.29, 0.717) is 31.6 Å². The zero-order valence-corrected chi connectivity index (χ0v) is 63.9. The van der Waals surface area contributed by atoms with Gasteiger partial charge in [0.2, 0.25) is 0 Å². The molecule has 0 aromatic carbocycles. The number of phosphoric ester groups is 2. The molecule has 95 heavy (non-hydrogen) atoms. The molecule has 0 aromatic rings. The molecule has 0 spiro atoms. The largest absolute Gasteiger partial charge is 0.472 e. The summed E-state index contributed by atoms with van der Waals surface area (Å²) in [5.74, 6) is 0.151. The van der Waals surface area contributed by atoms with Crippen molar-refractivity contribution in [1.82, 2.24) is 0 Å². The molecule has 0 aliphatic rings. The summed E-state index contributed by atoms with van der Waals surface area (Å²) < 4.78 is 68.5. The molecule has 0 heterocycles. The predicted octanol–water partition coefficient (Wildman–Crippen LogP) is 22.2. The van der Waals surface area contributed by atoms with Gasteiger partial charge in [0.1, 0.15) is 19.3 Å². The van der Waals surface area contributed by atoms with Crippen molar-refractivity contribution in [2.45, 2.75) is 407 Å². The lowest BCUT2D eigenvalue weighted by atomic mass is 9.99. The van der Waals surface area contributed by atoms with E-state index in [9.17, 15) is 43.2 Å². The van der Waals surface area contributed by atoms with E-state index in [1.807, 2.05) is 0 Å². The van der Waals surface area contributed by atoms with Crippen molar-refractivity contribution < 1.29 is 80.2 Å². The summed E-state index contributed by atoms with van der Waals surface area (Å²) in [7, 11) is -9.91. The fourth-order valence-corrected chi connectivity index (χ4v) is 13.1. The van der Waals surface area contributed by atoms with E-state index >= 15 is 0 Å². The summed E-state index contributed by atoms with van der Waals surface area (Å²) in [6.45, 7) is 11.8. The van der Waals surface area contributed by atoms with E-state index in [-0.39, 0.29) is 25.7 Å². The maximum absolute atomic E-state index is 13.1. The van der Waals surface area contributed by atoms with Crippen molar-refractivity contribution in [3.05, 3.63) is 0 Å². The number of hydrogen-bond acceptors (Lipinski definition) is 15. The van der Waals surface area contributed by atoms with Gasteiger partial charge in [0.25, 0.3) is 0 Å². The van der Waals surface area contributed by atoms with Gasteiger partial charge in [-0.3, -0.25) is 37.3 Å². The van der Waals surface area contributed by atoms with E-state index < -0.39 is 97.5 Å². The monoisotopic (exact) mass is 1400 g/mol. The van der Waals surface area contributed by atoms with Crippen molar-refractivity contribution in [2.75, 3.05) is 39.6 Å². The van der Waals surface area contributed by atoms with Crippen LogP contribution in [0, 0.1) is 17.8 Å². The fraction of sp³-hybridized carbons (Fsp3) is 0.947. The first kappa shape index (κ1) is 93.1. The van der Waals surface area contributed by atoms with Crippen LogP contribution in [0.1, 0.15) is 389 Å². The van der Waals surface area contributed by atoms with Gasteiger partial charge in [-0.15, -0.1) is 0 Å². The molecule has 564 valence electrons.